The minimum absolute atomic E-state index is 0.0961. The van der Waals surface area contributed by atoms with Crippen molar-refractivity contribution in [2.45, 2.75) is 13.1 Å². The fourth-order valence-electron chi connectivity index (χ4n) is 2.17. The van der Waals surface area contributed by atoms with Crippen LogP contribution in [0.2, 0.25) is 0 Å². The van der Waals surface area contributed by atoms with E-state index in [1.54, 1.807) is 12.1 Å². The number of hydrogen-bond donors (Lipinski definition) is 1. The number of amides is 1. The van der Waals surface area contributed by atoms with Crippen LogP contribution in [0.4, 0.5) is 4.39 Å². The SMILES string of the molecule is CCN(C)CCN1C(=O)CNC1c1ccc(F)cc1. The van der Waals surface area contributed by atoms with E-state index >= 15 is 0 Å². The standard InChI is InChI=1S/C14H20FN3O/c1-3-17(2)8-9-18-13(19)10-16-14(18)11-4-6-12(15)7-5-11/h4-7,14,16H,3,8-10H2,1-2H3. The molecule has 0 radical (unpaired) electrons. The molecule has 1 fully saturated rings. The minimum Gasteiger partial charge on any atom is -0.321 e. The number of nitrogens with one attached hydrogen (secondary N) is 1. The Morgan fingerprint density at radius 3 is 2.74 bits per heavy atom. The summed E-state index contributed by atoms with van der Waals surface area (Å²) in [7, 11) is 2.03. The van der Waals surface area contributed by atoms with Crippen molar-refractivity contribution < 1.29 is 9.18 Å². The summed E-state index contributed by atoms with van der Waals surface area (Å²) in [5, 5.41) is 3.17. The van der Waals surface area contributed by atoms with Crippen LogP contribution in [0.25, 0.3) is 0 Å². The van der Waals surface area contributed by atoms with Crippen LogP contribution in [0.5, 0.6) is 0 Å². The van der Waals surface area contributed by atoms with Gasteiger partial charge in [-0.15, -0.1) is 0 Å². The highest BCUT2D eigenvalue weighted by Gasteiger charge is 2.31. The Morgan fingerprint density at radius 2 is 2.11 bits per heavy atom. The van der Waals surface area contributed by atoms with Crippen molar-refractivity contribution >= 4 is 5.91 Å². The first kappa shape index (κ1) is 14.0. The van der Waals surface area contributed by atoms with Gasteiger partial charge in [-0.1, -0.05) is 19.1 Å². The Labute approximate surface area is 113 Å². The largest absolute Gasteiger partial charge is 0.321 e. The van der Waals surface area contributed by atoms with E-state index < -0.39 is 0 Å². The fraction of sp³-hybridized carbons (Fsp3) is 0.500. The quantitative estimate of drug-likeness (QED) is 0.869. The zero-order valence-corrected chi connectivity index (χ0v) is 11.4. The van der Waals surface area contributed by atoms with Crippen LogP contribution in [0.15, 0.2) is 24.3 Å². The van der Waals surface area contributed by atoms with Crippen molar-refractivity contribution in [1.29, 1.82) is 0 Å². The van der Waals surface area contributed by atoms with Crippen molar-refractivity contribution in [3.05, 3.63) is 35.6 Å². The maximum atomic E-state index is 12.9. The van der Waals surface area contributed by atoms with Crippen LogP contribution in [0.1, 0.15) is 18.7 Å². The van der Waals surface area contributed by atoms with Crippen molar-refractivity contribution in [2.24, 2.45) is 0 Å². The molecule has 0 aliphatic carbocycles. The second-order valence-electron chi connectivity index (χ2n) is 4.82. The number of benzene rings is 1. The summed E-state index contributed by atoms with van der Waals surface area (Å²) in [5.41, 5.74) is 0.923. The van der Waals surface area contributed by atoms with E-state index in [2.05, 4.69) is 17.1 Å². The smallest absolute Gasteiger partial charge is 0.238 e. The van der Waals surface area contributed by atoms with Crippen molar-refractivity contribution in [1.82, 2.24) is 15.1 Å². The van der Waals surface area contributed by atoms with Gasteiger partial charge in [-0.3, -0.25) is 10.1 Å². The molecule has 104 valence electrons. The van der Waals surface area contributed by atoms with Crippen molar-refractivity contribution in [3.8, 4) is 0 Å². The lowest BCUT2D eigenvalue weighted by Gasteiger charge is -2.26. The third kappa shape index (κ3) is 3.30. The van der Waals surface area contributed by atoms with E-state index in [9.17, 15) is 9.18 Å². The average Bonchev–Trinajstić information content (AvgIpc) is 2.78. The van der Waals surface area contributed by atoms with E-state index in [0.717, 1.165) is 18.7 Å². The number of nitrogens with zero attached hydrogens (tertiary/aromatic N) is 2. The lowest BCUT2D eigenvalue weighted by Crippen LogP contribution is -2.37. The number of carbonyl (C=O) groups excluding carboxylic acids is 1. The summed E-state index contributed by atoms with van der Waals surface area (Å²) >= 11 is 0. The molecule has 1 aromatic rings. The van der Waals surface area contributed by atoms with Gasteiger partial charge in [0.05, 0.1) is 6.54 Å². The maximum Gasteiger partial charge on any atom is 0.238 e. The maximum absolute atomic E-state index is 12.9. The number of likely N-dealkylation sites (N-methyl/N-ethyl adjacent to an activating group) is 1. The fourth-order valence-corrected chi connectivity index (χ4v) is 2.17. The van der Waals surface area contributed by atoms with Gasteiger partial charge in [-0.05, 0) is 31.3 Å². The molecule has 0 spiro atoms. The second-order valence-corrected chi connectivity index (χ2v) is 4.82. The van der Waals surface area contributed by atoms with E-state index in [0.29, 0.717) is 13.1 Å². The van der Waals surface area contributed by atoms with Crippen LogP contribution in [0.3, 0.4) is 0 Å². The Hall–Kier alpha value is -1.46. The minimum atomic E-state index is -0.259. The van der Waals surface area contributed by atoms with E-state index in [-0.39, 0.29) is 17.9 Å². The van der Waals surface area contributed by atoms with E-state index in [1.165, 1.54) is 12.1 Å². The Morgan fingerprint density at radius 1 is 1.42 bits per heavy atom. The molecule has 1 aliphatic heterocycles. The molecule has 1 unspecified atom stereocenters. The molecule has 1 N–H and O–H groups in total. The third-order valence-electron chi connectivity index (χ3n) is 3.53. The van der Waals surface area contributed by atoms with Gasteiger partial charge in [-0.2, -0.15) is 0 Å². The average molecular weight is 265 g/mol. The van der Waals surface area contributed by atoms with Gasteiger partial charge < -0.3 is 9.80 Å². The summed E-state index contributed by atoms with van der Waals surface area (Å²) in [6.07, 6.45) is -0.140. The zero-order valence-electron chi connectivity index (χ0n) is 11.4. The molecule has 0 saturated carbocycles. The first-order valence-electron chi connectivity index (χ1n) is 6.58. The van der Waals surface area contributed by atoms with Gasteiger partial charge in [0, 0.05) is 13.1 Å². The molecule has 2 rings (SSSR count). The van der Waals surface area contributed by atoms with Crippen LogP contribution in [-0.4, -0.2) is 48.9 Å². The molecule has 1 amide bonds. The topological polar surface area (TPSA) is 35.6 Å². The third-order valence-corrected chi connectivity index (χ3v) is 3.53. The lowest BCUT2D eigenvalue weighted by molar-refractivity contribution is -0.128. The first-order valence-corrected chi connectivity index (χ1v) is 6.58. The normalized spacial score (nSPS) is 19.5. The van der Waals surface area contributed by atoms with Gasteiger partial charge in [0.2, 0.25) is 5.91 Å². The van der Waals surface area contributed by atoms with Crippen LogP contribution in [-0.2, 0) is 4.79 Å². The predicted molar refractivity (Wildman–Crippen MR) is 72.0 cm³/mol. The Bertz CT molecular complexity index is 435. The summed E-state index contributed by atoms with van der Waals surface area (Å²) in [5.74, 6) is -0.163. The highest BCUT2D eigenvalue weighted by molar-refractivity contribution is 5.80. The van der Waals surface area contributed by atoms with Gasteiger partial charge in [0.25, 0.3) is 0 Å². The molecule has 1 aliphatic rings. The molecule has 4 nitrogen and oxygen atoms in total. The molecular weight excluding hydrogens is 245 g/mol. The number of carbonyl (C=O) groups is 1. The molecular formula is C14H20FN3O. The highest BCUT2D eigenvalue weighted by atomic mass is 19.1. The zero-order chi connectivity index (χ0) is 13.8. The molecule has 0 bridgehead atoms. The van der Waals surface area contributed by atoms with E-state index in [1.807, 2.05) is 11.9 Å². The Kier molecular flexibility index (Phi) is 4.50. The molecule has 19 heavy (non-hydrogen) atoms. The Balaban J connectivity index is 2.06. The lowest BCUT2D eigenvalue weighted by atomic mass is 10.1. The van der Waals surface area contributed by atoms with Crippen molar-refractivity contribution in [3.63, 3.8) is 0 Å². The number of halogens is 1. The molecule has 1 atom stereocenters. The summed E-state index contributed by atoms with van der Waals surface area (Å²) in [6, 6.07) is 6.30. The molecule has 1 aromatic carbocycles. The highest BCUT2D eigenvalue weighted by Crippen LogP contribution is 2.22. The van der Waals surface area contributed by atoms with Crippen LogP contribution in [0, 0.1) is 5.82 Å². The summed E-state index contributed by atoms with van der Waals surface area (Å²) in [4.78, 5) is 15.9. The number of rotatable bonds is 5. The summed E-state index contributed by atoms with van der Waals surface area (Å²) in [6.45, 7) is 4.90. The van der Waals surface area contributed by atoms with Crippen molar-refractivity contribution in [2.75, 3.05) is 33.2 Å². The summed E-state index contributed by atoms with van der Waals surface area (Å²) < 4.78 is 12.9. The van der Waals surface area contributed by atoms with Gasteiger partial charge in [-0.25, -0.2) is 4.39 Å². The first-order chi connectivity index (χ1) is 9.11. The second kappa shape index (κ2) is 6.12. The molecule has 5 heteroatoms. The van der Waals surface area contributed by atoms with E-state index in [4.69, 9.17) is 0 Å². The van der Waals surface area contributed by atoms with Gasteiger partial charge in [0.1, 0.15) is 12.0 Å². The van der Waals surface area contributed by atoms with Crippen LogP contribution < -0.4 is 5.32 Å². The monoisotopic (exact) mass is 265 g/mol. The number of hydrogen-bond acceptors (Lipinski definition) is 3. The molecule has 1 heterocycles. The van der Waals surface area contributed by atoms with Crippen LogP contribution >= 0.6 is 0 Å². The molecule has 1 saturated heterocycles. The van der Waals surface area contributed by atoms with Gasteiger partial charge in [0.15, 0.2) is 0 Å². The van der Waals surface area contributed by atoms with Gasteiger partial charge >= 0.3 is 0 Å². The molecule has 0 aromatic heterocycles. The predicted octanol–water partition coefficient (Wildman–Crippen LogP) is 1.21.